The number of hydrogen-bond acceptors (Lipinski definition) is 3. The first-order valence-electron chi connectivity index (χ1n) is 5.22. The molecule has 88 valence electrons. The number of para-hydroxylation sites is 1. The Labute approximate surface area is 96.6 Å². The van der Waals surface area contributed by atoms with Crippen molar-refractivity contribution >= 4 is 6.08 Å². The van der Waals surface area contributed by atoms with Gasteiger partial charge in [-0.15, -0.1) is 0 Å². The van der Waals surface area contributed by atoms with E-state index in [1.54, 1.807) is 14.2 Å². The van der Waals surface area contributed by atoms with Crippen LogP contribution in [0.1, 0.15) is 12.5 Å². The first kappa shape index (κ1) is 12.7. The van der Waals surface area contributed by atoms with Gasteiger partial charge in [-0.05, 0) is 13.0 Å². The van der Waals surface area contributed by atoms with Gasteiger partial charge in [-0.1, -0.05) is 30.4 Å². The summed E-state index contributed by atoms with van der Waals surface area (Å²) in [6.45, 7) is 2.35. The molecule has 0 fully saturated rings. The number of benzene rings is 1. The fourth-order valence-corrected chi connectivity index (χ4v) is 1.32. The number of ether oxygens (including phenoxy) is 3. The van der Waals surface area contributed by atoms with Crippen LogP contribution in [0.2, 0.25) is 0 Å². The Kier molecular flexibility index (Phi) is 5.61. The maximum Gasteiger partial charge on any atom is 0.191 e. The van der Waals surface area contributed by atoms with Crippen molar-refractivity contribution in [1.29, 1.82) is 0 Å². The Bertz CT molecular complexity index is 330. The third-order valence-electron chi connectivity index (χ3n) is 2.17. The summed E-state index contributed by atoms with van der Waals surface area (Å²) in [6.07, 6.45) is 3.65. The van der Waals surface area contributed by atoms with Crippen molar-refractivity contribution in [2.75, 3.05) is 20.8 Å². The Morgan fingerprint density at radius 1 is 1.19 bits per heavy atom. The van der Waals surface area contributed by atoms with Gasteiger partial charge in [0.15, 0.2) is 6.29 Å². The topological polar surface area (TPSA) is 27.7 Å². The molecule has 0 saturated heterocycles. The Hall–Kier alpha value is -1.32. The maximum absolute atomic E-state index is 5.63. The van der Waals surface area contributed by atoms with E-state index in [2.05, 4.69) is 0 Å². The highest BCUT2D eigenvalue weighted by Gasteiger charge is 2.07. The van der Waals surface area contributed by atoms with Crippen LogP contribution in [0.4, 0.5) is 0 Å². The summed E-state index contributed by atoms with van der Waals surface area (Å²) in [7, 11) is 3.19. The van der Waals surface area contributed by atoms with Gasteiger partial charge < -0.3 is 14.2 Å². The van der Waals surface area contributed by atoms with Gasteiger partial charge in [-0.3, -0.25) is 0 Å². The molecule has 0 spiro atoms. The molecule has 1 aromatic rings. The molecule has 3 nitrogen and oxygen atoms in total. The van der Waals surface area contributed by atoms with Gasteiger partial charge >= 0.3 is 0 Å². The number of hydrogen-bond donors (Lipinski definition) is 0. The SMILES string of the molecule is CC=Cc1ccccc1OCC(OC)OC. The highest BCUT2D eigenvalue weighted by Crippen LogP contribution is 2.19. The average Bonchev–Trinajstić information content (AvgIpc) is 2.33. The van der Waals surface area contributed by atoms with Gasteiger partial charge in [0, 0.05) is 19.8 Å². The molecule has 0 heterocycles. The highest BCUT2D eigenvalue weighted by atomic mass is 16.7. The molecule has 3 heteroatoms. The summed E-state index contributed by atoms with van der Waals surface area (Å²) in [6, 6.07) is 7.85. The first-order valence-corrected chi connectivity index (χ1v) is 5.22. The number of rotatable bonds is 6. The van der Waals surface area contributed by atoms with Crippen LogP contribution in [0.25, 0.3) is 6.08 Å². The van der Waals surface area contributed by atoms with E-state index in [-0.39, 0.29) is 6.29 Å². The quantitative estimate of drug-likeness (QED) is 0.693. The molecule has 0 amide bonds. The van der Waals surface area contributed by atoms with Crippen molar-refractivity contribution in [3.05, 3.63) is 35.9 Å². The van der Waals surface area contributed by atoms with Crippen LogP contribution in [-0.4, -0.2) is 27.1 Å². The van der Waals surface area contributed by atoms with E-state index in [1.165, 1.54) is 0 Å². The minimum absolute atomic E-state index is 0.335. The van der Waals surface area contributed by atoms with E-state index in [1.807, 2.05) is 43.3 Å². The minimum atomic E-state index is -0.335. The van der Waals surface area contributed by atoms with Gasteiger partial charge in [0.25, 0.3) is 0 Å². The zero-order valence-electron chi connectivity index (χ0n) is 9.97. The Morgan fingerprint density at radius 3 is 2.50 bits per heavy atom. The van der Waals surface area contributed by atoms with Crippen molar-refractivity contribution in [2.24, 2.45) is 0 Å². The van der Waals surface area contributed by atoms with E-state index in [0.717, 1.165) is 11.3 Å². The molecule has 0 aliphatic rings. The van der Waals surface area contributed by atoms with Gasteiger partial charge in [0.2, 0.25) is 0 Å². The molecule has 0 aliphatic carbocycles. The molecule has 0 unspecified atom stereocenters. The third-order valence-corrected chi connectivity index (χ3v) is 2.17. The lowest BCUT2D eigenvalue weighted by Crippen LogP contribution is -2.22. The zero-order chi connectivity index (χ0) is 11.8. The standard InChI is InChI=1S/C13H18O3/c1-4-7-11-8-5-6-9-12(11)16-10-13(14-2)15-3/h4-9,13H,10H2,1-3H3. The fraction of sp³-hybridized carbons (Fsp3) is 0.385. The summed E-state index contributed by atoms with van der Waals surface area (Å²) < 4.78 is 15.7. The zero-order valence-corrected chi connectivity index (χ0v) is 9.97. The van der Waals surface area contributed by atoms with E-state index < -0.39 is 0 Å². The highest BCUT2D eigenvalue weighted by molar-refractivity contribution is 5.56. The van der Waals surface area contributed by atoms with E-state index >= 15 is 0 Å². The Balaban J connectivity index is 2.65. The predicted molar refractivity (Wildman–Crippen MR) is 64.5 cm³/mol. The van der Waals surface area contributed by atoms with Crippen LogP contribution in [-0.2, 0) is 9.47 Å². The molecule has 0 N–H and O–H groups in total. The van der Waals surface area contributed by atoms with E-state index in [9.17, 15) is 0 Å². The smallest absolute Gasteiger partial charge is 0.191 e. The Morgan fingerprint density at radius 2 is 1.88 bits per heavy atom. The molecule has 1 aromatic carbocycles. The summed E-state index contributed by atoms with van der Waals surface area (Å²) in [4.78, 5) is 0. The second-order valence-electron chi connectivity index (χ2n) is 3.25. The maximum atomic E-state index is 5.63. The second kappa shape index (κ2) is 7.04. The van der Waals surface area contributed by atoms with Crippen molar-refractivity contribution in [1.82, 2.24) is 0 Å². The van der Waals surface area contributed by atoms with Gasteiger partial charge in [0.05, 0.1) is 0 Å². The minimum Gasteiger partial charge on any atom is -0.488 e. The lowest BCUT2D eigenvalue weighted by molar-refractivity contribution is -0.121. The predicted octanol–water partition coefficient (Wildman–Crippen LogP) is 2.72. The molecule has 0 aromatic heterocycles. The summed E-state index contributed by atoms with van der Waals surface area (Å²) in [5, 5.41) is 0. The van der Waals surface area contributed by atoms with Crippen molar-refractivity contribution in [3.8, 4) is 5.75 Å². The molecule has 0 radical (unpaired) electrons. The lowest BCUT2D eigenvalue weighted by Gasteiger charge is -2.15. The van der Waals surface area contributed by atoms with E-state index in [4.69, 9.17) is 14.2 Å². The molecule has 1 rings (SSSR count). The second-order valence-corrected chi connectivity index (χ2v) is 3.25. The summed E-state index contributed by atoms with van der Waals surface area (Å²) >= 11 is 0. The van der Waals surface area contributed by atoms with Crippen LogP contribution in [0.5, 0.6) is 5.75 Å². The molecule has 0 aliphatic heterocycles. The van der Waals surface area contributed by atoms with Gasteiger partial charge in [-0.2, -0.15) is 0 Å². The van der Waals surface area contributed by atoms with Gasteiger partial charge in [0.1, 0.15) is 12.4 Å². The molecule has 0 atom stereocenters. The van der Waals surface area contributed by atoms with Crippen molar-refractivity contribution < 1.29 is 14.2 Å². The van der Waals surface area contributed by atoms with Gasteiger partial charge in [-0.25, -0.2) is 0 Å². The van der Waals surface area contributed by atoms with E-state index in [0.29, 0.717) is 6.61 Å². The number of allylic oxidation sites excluding steroid dienone is 1. The van der Waals surface area contributed by atoms with Crippen LogP contribution in [0.3, 0.4) is 0 Å². The van der Waals surface area contributed by atoms with Crippen molar-refractivity contribution in [3.63, 3.8) is 0 Å². The first-order chi connectivity index (χ1) is 7.81. The normalized spacial score (nSPS) is 11.2. The molecular weight excluding hydrogens is 204 g/mol. The third kappa shape index (κ3) is 3.68. The van der Waals surface area contributed by atoms with Crippen molar-refractivity contribution in [2.45, 2.75) is 13.2 Å². The largest absolute Gasteiger partial charge is 0.488 e. The van der Waals surface area contributed by atoms with Crippen LogP contribution < -0.4 is 4.74 Å². The molecule has 16 heavy (non-hydrogen) atoms. The fourth-order valence-electron chi connectivity index (χ4n) is 1.32. The summed E-state index contributed by atoms with van der Waals surface area (Å²) in [5.74, 6) is 0.833. The molecule has 0 saturated carbocycles. The lowest BCUT2D eigenvalue weighted by atomic mass is 10.2. The van der Waals surface area contributed by atoms with Crippen LogP contribution in [0, 0.1) is 0 Å². The van der Waals surface area contributed by atoms with Crippen LogP contribution in [0.15, 0.2) is 30.3 Å². The average molecular weight is 222 g/mol. The molecular formula is C13H18O3. The monoisotopic (exact) mass is 222 g/mol. The number of methoxy groups -OCH3 is 2. The molecule has 0 bridgehead atoms. The summed E-state index contributed by atoms with van der Waals surface area (Å²) in [5.41, 5.74) is 1.05. The van der Waals surface area contributed by atoms with Crippen LogP contribution >= 0.6 is 0 Å².